The van der Waals surface area contributed by atoms with E-state index in [0.29, 0.717) is 13.2 Å². The second-order valence-electron chi connectivity index (χ2n) is 5.88. The summed E-state index contributed by atoms with van der Waals surface area (Å²) in [4.78, 5) is 8.70. The van der Waals surface area contributed by atoms with Crippen LogP contribution in [0.25, 0.3) is 15.8 Å². The first-order valence-electron chi connectivity index (χ1n) is 8.61. The molecule has 0 heterocycles. The summed E-state index contributed by atoms with van der Waals surface area (Å²) in [6.07, 6.45) is 1.64. The van der Waals surface area contributed by atoms with Crippen molar-refractivity contribution in [2.24, 2.45) is 0 Å². The highest BCUT2D eigenvalue weighted by atomic mass is 16.5. The molecule has 0 N–H and O–H groups in total. The van der Waals surface area contributed by atoms with Crippen molar-refractivity contribution < 1.29 is 4.74 Å². The number of ether oxygens (including phenoxy) is 1. The van der Waals surface area contributed by atoms with Crippen LogP contribution < -0.4 is 4.90 Å². The molecule has 2 aromatic carbocycles. The predicted octanol–water partition coefficient (Wildman–Crippen LogP) is 5.18. The molecule has 0 aliphatic carbocycles. The fourth-order valence-electron chi connectivity index (χ4n) is 2.66. The molecule has 0 aliphatic heterocycles. The Morgan fingerprint density at radius 2 is 1.85 bits per heavy atom. The summed E-state index contributed by atoms with van der Waals surface area (Å²) in [5.41, 5.74) is 4.26. The third-order valence-corrected chi connectivity index (χ3v) is 4.13. The number of hydrogen-bond acceptors (Lipinski definition) is 2. The second kappa shape index (κ2) is 10.0. The largest absolute Gasteiger partial charge is 0.519 e. The molecule has 0 unspecified atom stereocenters. The Labute approximate surface area is 156 Å². The van der Waals surface area contributed by atoms with Crippen molar-refractivity contribution in [1.82, 2.24) is 0 Å². The van der Waals surface area contributed by atoms with Crippen molar-refractivity contribution in [3.63, 3.8) is 0 Å². The van der Waals surface area contributed by atoms with Gasteiger partial charge in [0.1, 0.15) is 13.1 Å². The first-order chi connectivity index (χ1) is 12.7. The van der Waals surface area contributed by atoms with Gasteiger partial charge in [-0.2, -0.15) is 9.69 Å². The Hall–Kier alpha value is -3.08. The van der Waals surface area contributed by atoms with Gasteiger partial charge in [-0.25, -0.2) is 0 Å². The fraction of sp³-hybridized carbons (Fsp3) is 0.273. The molecule has 2 aromatic rings. The molecule has 26 heavy (non-hydrogen) atoms. The minimum Gasteiger partial charge on any atom is -0.375 e. The van der Waals surface area contributed by atoms with Crippen molar-refractivity contribution in [1.29, 1.82) is 0 Å². The molecule has 0 aromatic heterocycles. The molecule has 0 radical (unpaired) electrons. The highest BCUT2D eigenvalue weighted by molar-refractivity contribution is 5.63. The van der Waals surface area contributed by atoms with Gasteiger partial charge in [0.05, 0.1) is 13.2 Å². The summed E-state index contributed by atoms with van der Waals surface area (Å²) in [5.74, 6) is 0.0857. The van der Waals surface area contributed by atoms with Crippen LogP contribution >= 0.6 is 0 Å². The third-order valence-electron chi connectivity index (χ3n) is 4.13. The molecule has 132 valence electrons. The van der Waals surface area contributed by atoms with Crippen LogP contribution in [0, 0.1) is 20.1 Å². The molecule has 4 heteroatoms. The molecule has 4 nitrogen and oxygen atoms in total. The predicted molar refractivity (Wildman–Crippen MR) is 106 cm³/mol. The van der Waals surface area contributed by atoms with Gasteiger partial charge in [-0.05, 0) is 42.7 Å². The lowest BCUT2D eigenvalue weighted by atomic mass is 10.1. The van der Waals surface area contributed by atoms with Gasteiger partial charge in [0.15, 0.2) is 0 Å². The molecule has 0 amide bonds. The highest BCUT2D eigenvalue weighted by Crippen LogP contribution is 2.21. The quantitative estimate of drug-likeness (QED) is 0.486. The van der Waals surface area contributed by atoms with Crippen molar-refractivity contribution in [2.75, 3.05) is 24.6 Å². The van der Waals surface area contributed by atoms with E-state index in [2.05, 4.69) is 39.7 Å². The van der Waals surface area contributed by atoms with Crippen LogP contribution in [0.5, 0.6) is 0 Å². The Balaban J connectivity index is 1.97. The van der Waals surface area contributed by atoms with Gasteiger partial charge in [-0.3, -0.25) is 0 Å². The second-order valence-corrected chi connectivity index (χ2v) is 5.88. The van der Waals surface area contributed by atoms with Crippen LogP contribution in [0.15, 0.2) is 54.4 Å². The van der Waals surface area contributed by atoms with Crippen molar-refractivity contribution in [3.05, 3.63) is 93.9 Å². The molecular weight excluding hydrogens is 322 g/mol. The molecule has 0 bridgehead atoms. The van der Waals surface area contributed by atoms with Crippen LogP contribution in [0.4, 0.5) is 5.69 Å². The van der Waals surface area contributed by atoms with Crippen LogP contribution in [0.1, 0.15) is 23.6 Å². The summed E-state index contributed by atoms with van der Waals surface area (Å²) in [5, 5.41) is 0. The van der Waals surface area contributed by atoms with Gasteiger partial charge in [0, 0.05) is 24.9 Å². The fourth-order valence-corrected chi connectivity index (χ4v) is 2.66. The number of anilines is 1. The summed E-state index contributed by atoms with van der Waals surface area (Å²) >= 11 is 0. The van der Waals surface area contributed by atoms with Gasteiger partial charge in [0.25, 0.3) is 0 Å². The maximum absolute atomic E-state index is 7.00. The van der Waals surface area contributed by atoms with Gasteiger partial charge < -0.3 is 9.64 Å². The van der Waals surface area contributed by atoms with Crippen LogP contribution in [0.2, 0.25) is 0 Å². The van der Waals surface area contributed by atoms with Crippen LogP contribution in [0.3, 0.4) is 0 Å². The first-order valence-corrected chi connectivity index (χ1v) is 8.61. The topological polar surface area (TPSA) is 21.2 Å². The zero-order valence-electron chi connectivity index (χ0n) is 15.3. The van der Waals surface area contributed by atoms with Crippen LogP contribution in [-0.4, -0.2) is 19.7 Å². The molecule has 0 spiro atoms. The molecular formula is C22H23N3O. The number of likely N-dealkylation sites (N-methyl/N-ethyl adjacent to an activating group) is 1. The number of benzene rings is 2. The Morgan fingerprint density at radius 3 is 2.46 bits per heavy atom. The van der Waals surface area contributed by atoms with Gasteiger partial charge in [0.2, 0.25) is 0 Å². The smallest absolute Gasteiger partial charge is 0.375 e. The van der Waals surface area contributed by atoms with E-state index in [9.17, 15) is 0 Å². The minimum absolute atomic E-state index is 0.0857. The zero-order chi connectivity index (χ0) is 18.8. The van der Waals surface area contributed by atoms with E-state index >= 15 is 0 Å². The number of hydrogen-bond donors (Lipinski definition) is 0. The highest BCUT2D eigenvalue weighted by Gasteiger charge is 2.09. The van der Waals surface area contributed by atoms with E-state index in [1.165, 1.54) is 5.56 Å². The van der Waals surface area contributed by atoms with Crippen molar-refractivity contribution >= 4 is 11.8 Å². The maximum Gasteiger partial charge on any atom is 0.519 e. The summed E-state index contributed by atoms with van der Waals surface area (Å²) in [7, 11) is 0. The van der Waals surface area contributed by atoms with E-state index in [-0.39, 0.29) is 5.82 Å². The first kappa shape index (κ1) is 19.2. The Morgan fingerprint density at radius 1 is 1.12 bits per heavy atom. The average Bonchev–Trinajstić information content (AvgIpc) is 2.68. The third kappa shape index (κ3) is 5.48. The number of nitrogens with zero attached hydrogens (tertiary/aromatic N) is 3. The molecule has 2 rings (SSSR count). The normalized spacial score (nSPS) is 9.85. The average molecular weight is 345 g/mol. The van der Waals surface area contributed by atoms with Gasteiger partial charge in [-0.15, -0.1) is 0 Å². The molecule has 0 saturated carbocycles. The molecule has 0 atom stereocenters. The maximum atomic E-state index is 7.00. The lowest BCUT2D eigenvalue weighted by Crippen LogP contribution is -2.27. The lowest BCUT2D eigenvalue weighted by Gasteiger charge is -2.24. The molecule has 0 aliphatic rings. The zero-order valence-corrected chi connectivity index (χ0v) is 15.3. The van der Waals surface area contributed by atoms with Crippen molar-refractivity contribution in [2.45, 2.75) is 20.5 Å². The summed E-state index contributed by atoms with van der Waals surface area (Å²) in [6.45, 7) is 21.1. The monoisotopic (exact) mass is 345 g/mol. The molecule has 0 saturated heterocycles. The Kier molecular flexibility index (Phi) is 7.43. The lowest BCUT2D eigenvalue weighted by molar-refractivity contribution is 0.127. The Bertz CT molecular complexity index is 813. The van der Waals surface area contributed by atoms with Crippen molar-refractivity contribution in [3.8, 4) is 0 Å². The van der Waals surface area contributed by atoms with Crippen LogP contribution in [-0.2, 0) is 11.3 Å². The van der Waals surface area contributed by atoms with Gasteiger partial charge >= 0.3 is 5.82 Å². The minimum atomic E-state index is 0.0857. The van der Waals surface area contributed by atoms with E-state index in [0.717, 1.165) is 29.9 Å². The van der Waals surface area contributed by atoms with E-state index in [4.69, 9.17) is 17.9 Å². The van der Waals surface area contributed by atoms with E-state index in [1.807, 2.05) is 37.3 Å². The standard InChI is InChI=1S/C22H23N3O/c1-5-25(13-14-26-17-19-9-7-6-8-10-19)21-12-11-20(18(2)15-21)16-22(23-3)24-4/h6-12,15-16H,5,13-14,17H2,1-2H3. The van der Waals surface area contributed by atoms with E-state index in [1.54, 1.807) is 6.08 Å². The summed E-state index contributed by atoms with van der Waals surface area (Å²) in [6, 6.07) is 16.3. The molecule has 0 fully saturated rings. The SMILES string of the molecule is [C-]#[N+]C(=Cc1ccc(N(CC)CCOCc2ccccc2)cc1C)[N+]#[C-]. The van der Waals surface area contributed by atoms with E-state index < -0.39 is 0 Å². The number of aryl methyl sites for hydroxylation is 1. The van der Waals surface area contributed by atoms with Gasteiger partial charge in [-0.1, -0.05) is 36.4 Å². The summed E-state index contributed by atoms with van der Waals surface area (Å²) < 4.78 is 5.79. The number of rotatable bonds is 8.